The van der Waals surface area contributed by atoms with Gasteiger partial charge in [-0.15, -0.1) is 0 Å². The molecule has 2 aromatic heterocycles. The summed E-state index contributed by atoms with van der Waals surface area (Å²) < 4.78 is 17.5. The average molecular weight is 438 g/mol. The topological polar surface area (TPSA) is 166 Å². The van der Waals surface area contributed by atoms with Crippen LogP contribution in [0.3, 0.4) is 0 Å². The highest BCUT2D eigenvalue weighted by Gasteiger charge is 2.46. The zero-order valence-corrected chi connectivity index (χ0v) is 17.6. The van der Waals surface area contributed by atoms with E-state index in [-0.39, 0.29) is 19.4 Å². The van der Waals surface area contributed by atoms with Crippen LogP contribution in [0.2, 0.25) is 0 Å². The number of imidazole rings is 1. The second-order valence-corrected chi connectivity index (χ2v) is 7.30. The predicted molar refractivity (Wildman–Crippen MR) is 111 cm³/mol. The molecule has 5 atom stereocenters. The van der Waals surface area contributed by atoms with Gasteiger partial charge >= 0.3 is 0 Å². The van der Waals surface area contributed by atoms with Crippen LogP contribution in [0.1, 0.15) is 26.0 Å². The summed E-state index contributed by atoms with van der Waals surface area (Å²) in [5.74, 6) is -0.323. The van der Waals surface area contributed by atoms with Crippen molar-refractivity contribution < 1.29 is 29.2 Å². The number of pyridine rings is 1. The Bertz CT molecular complexity index is 864. The van der Waals surface area contributed by atoms with Gasteiger partial charge < -0.3 is 35.5 Å². The molecule has 0 aliphatic carbocycles. The van der Waals surface area contributed by atoms with Crippen LogP contribution in [-0.2, 0) is 19.0 Å². The van der Waals surface area contributed by atoms with Crippen molar-refractivity contribution in [3.63, 3.8) is 0 Å². The zero-order chi connectivity index (χ0) is 22.4. The SMILES string of the molecule is CCCC(NCOCOC)C(=O)NC1[C@@H](O)[C@@H](CO)O[C@H]1n1cnc2c(N)ccnc21. The number of carbonyl (C=O) groups excluding carboxylic acids is 1. The number of hydrogen-bond acceptors (Lipinski definition) is 10. The minimum absolute atomic E-state index is 0.104. The lowest BCUT2D eigenvalue weighted by atomic mass is 10.1. The van der Waals surface area contributed by atoms with Crippen LogP contribution in [0.4, 0.5) is 5.69 Å². The summed E-state index contributed by atoms with van der Waals surface area (Å²) in [6, 6.07) is 0.245. The summed E-state index contributed by atoms with van der Waals surface area (Å²) in [7, 11) is 1.51. The second-order valence-electron chi connectivity index (χ2n) is 7.30. The highest BCUT2D eigenvalue weighted by atomic mass is 16.7. The molecule has 0 saturated carbocycles. The van der Waals surface area contributed by atoms with E-state index in [1.807, 2.05) is 6.92 Å². The zero-order valence-electron chi connectivity index (χ0n) is 17.6. The largest absolute Gasteiger partial charge is 0.397 e. The third kappa shape index (κ3) is 5.11. The maximum atomic E-state index is 13.0. The van der Waals surface area contributed by atoms with E-state index in [1.165, 1.54) is 13.4 Å². The number of amides is 1. The number of rotatable bonds is 11. The van der Waals surface area contributed by atoms with Crippen molar-refractivity contribution >= 4 is 22.8 Å². The summed E-state index contributed by atoms with van der Waals surface area (Å²) in [4.78, 5) is 21.6. The van der Waals surface area contributed by atoms with Crippen molar-refractivity contribution in [2.24, 2.45) is 0 Å². The third-order valence-electron chi connectivity index (χ3n) is 5.15. The van der Waals surface area contributed by atoms with Gasteiger partial charge in [-0.3, -0.25) is 14.7 Å². The Morgan fingerprint density at radius 2 is 2.26 bits per heavy atom. The first-order valence-corrected chi connectivity index (χ1v) is 10.1. The maximum Gasteiger partial charge on any atom is 0.237 e. The number of anilines is 1. The van der Waals surface area contributed by atoms with E-state index in [0.717, 1.165) is 6.42 Å². The number of aromatic nitrogens is 3. The van der Waals surface area contributed by atoms with Gasteiger partial charge in [0.1, 0.15) is 30.6 Å². The number of aliphatic hydroxyl groups excluding tert-OH is 2. The van der Waals surface area contributed by atoms with Gasteiger partial charge in [0.2, 0.25) is 5.91 Å². The number of ether oxygens (including phenoxy) is 3. The third-order valence-corrected chi connectivity index (χ3v) is 5.15. The number of methoxy groups -OCH3 is 1. The van der Waals surface area contributed by atoms with Gasteiger partial charge in [0.15, 0.2) is 11.9 Å². The lowest BCUT2D eigenvalue weighted by Crippen LogP contribution is -2.53. The van der Waals surface area contributed by atoms with Gasteiger partial charge in [-0.1, -0.05) is 13.3 Å². The fourth-order valence-corrected chi connectivity index (χ4v) is 3.59. The molecule has 1 saturated heterocycles. The Morgan fingerprint density at radius 1 is 1.45 bits per heavy atom. The second kappa shape index (κ2) is 10.8. The predicted octanol–water partition coefficient (Wildman–Crippen LogP) is -0.915. The molecular weight excluding hydrogens is 408 g/mol. The molecule has 0 spiro atoms. The summed E-state index contributed by atoms with van der Waals surface area (Å²) in [6.07, 6.45) is 1.51. The first-order chi connectivity index (χ1) is 15.0. The van der Waals surface area contributed by atoms with E-state index >= 15 is 0 Å². The molecule has 0 bridgehead atoms. The van der Waals surface area contributed by atoms with E-state index < -0.39 is 37.1 Å². The van der Waals surface area contributed by atoms with Crippen LogP contribution < -0.4 is 16.4 Å². The molecule has 6 N–H and O–H groups in total. The fourth-order valence-electron chi connectivity index (χ4n) is 3.59. The number of aliphatic hydroxyl groups is 2. The fraction of sp³-hybridized carbons (Fsp3) is 0.632. The molecular formula is C19H30N6O6. The number of nitrogens with two attached hydrogens (primary N) is 1. The van der Waals surface area contributed by atoms with Gasteiger partial charge in [0.05, 0.1) is 31.4 Å². The Kier molecular flexibility index (Phi) is 8.12. The maximum absolute atomic E-state index is 13.0. The first-order valence-electron chi connectivity index (χ1n) is 10.1. The molecule has 1 fully saturated rings. The van der Waals surface area contributed by atoms with Crippen LogP contribution in [0.25, 0.3) is 11.2 Å². The minimum atomic E-state index is -1.13. The molecule has 31 heavy (non-hydrogen) atoms. The van der Waals surface area contributed by atoms with Crippen LogP contribution in [0.15, 0.2) is 18.6 Å². The van der Waals surface area contributed by atoms with Crippen LogP contribution in [0, 0.1) is 0 Å². The molecule has 2 unspecified atom stereocenters. The Balaban J connectivity index is 1.80. The Hall–Kier alpha value is -2.35. The molecule has 0 aromatic carbocycles. The van der Waals surface area contributed by atoms with Crippen LogP contribution in [-0.4, -0.2) is 82.2 Å². The molecule has 12 nitrogen and oxygen atoms in total. The molecule has 1 aliphatic heterocycles. The smallest absolute Gasteiger partial charge is 0.237 e. The van der Waals surface area contributed by atoms with Gasteiger partial charge in [-0.2, -0.15) is 0 Å². The van der Waals surface area contributed by atoms with Gasteiger partial charge in [0, 0.05) is 13.3 Å². The summed E-state index contributed by atoms with van der Waals surface area (Å²) >= 11 is 0. The molecule has 1 amide bonds. The van der Waals surface area contributed by atoms with Crippen molar-refractivity contribution in [2.75, 3.05) is 33.0 Å². The summed E-state index contributed by atoms with van der Waals surface area (Å²) in [5, 5.41) is 26.2. The summed E-state index contributed by atoms with van der Waals surface area (Å²) in [6.45, 7) is 1.79. The number of carbonyl (C=O) groups is 1. The molecule has 2 aromatic rings. The molecule has 3 rings (SSSR count). The normalized spacial score (nSPS) is 24.5. The highest BCUT2D eigenvalue weighted by molar-refractivity contribution is 5.84. The van der Waals surface area contributed by atoms with Crippen molar-refractivity contribution in [1.82, 2.24) is 25.2 Å². The molecule has 1 aliphatic rings. The number of nitrogens with zero attached hydrogens (tertiary/aromatic N) is 3. The number of hydrogen-bond donors (Lipinski definition) is 5. The van der Waals surface area contributed by atoms with E-state index in [4.69, 9.17) is 19.9 Å². The lowest BCUT2D eigenvalue weighted by molar-refractivity contribution is -0.126. The van der Waals surface area contributed by atoms with E-state index in [2.05, 4.69) is 20.6 Å². The molecule has 172 valence electrons. The van der Waals surface area contributed by atoms with Crippen molar-refractivity contribution in [3.05, 3.63) is 18.6 Å². The van der Waals surface area contributed by atoms with E-state index in [1.54, 1.807) is 16.8 Å². The van der Waals surface area contributed by atoms with Gasteiger partial charge in [-0.25, -0.2) is 9.97 Å². The number of nitrogens with one attached hydrogen (secondary N) is 2. The summed E-state index contributed by atoms with van der Waals surface area (Å²) in [5.41, 5.74) is 7.34. The highest BCUT2D eigenvalue weighted by Crippen LogP contribution is 2.32. The lowest BCUT2D eigenvalue weighted by Gasteiger charge is -2.26. The standard InChI is InChI=1S/C19H30N6O6/c1-3-4-12(23-9-30-10-29-2)18(28)24-15-16(27)13(7-26)31-19(15)25-8-22-14-11(20)5-6-21-17(14)25/h5-6,8,12-13,15-16,19,23,26-27H,3-4,7,9-10H2,1-2H3,(H2,20,21)(H,24,28)/t12?,13-,15?,16+,19-/m1/s1. The van der Waals surface area contributed by atoms with Crippen molar-refractivity contribution in [1.29, 1.82) is 0 Å². The molecule has 3 heterocycles. The quantitative estimate of drug-likeness (QED) is 0.219. The van der Waals surface area contributed by atoms with Gasteiger partial charge in [0.25, 0.3) is 0 Å². The van der Waals surface area contributed by atoms with Crippen molar-refractivity contribution in [3.8, 4) is 0 Å². The average Bonchev–Trinajstić information content (AvgIpc) is 3.32. The monoisotopic (exact) mass is 438 g/mol. The van der Waals surface area contributed by atoms with E-state index in [0.29, 0.717) is 23.3 Å². The minimum Gasteiger partial charge on any atom is -0.397 e. The van der Waals surface area contributed by atoms with Gasteiger partial charge in [-0.05, 0) is 12.5 Å². The Labute approximate surface area is 179 Å². The molecule has 12 heteroatoms. The van der Waals surface area contributed by atoms with Crippen LogP contribution >= 0.6 is 0 Å². The molecule has 0 radical (unpaired) electrons. The van der Waals surface area contributed by atoms with Crippen molar-refractivity contribution in [2.45, 2.75) is 50.3 Å². The van der Waals surface area contributed by atoms with E-state index in [9.17, 15) is 15.0 Å². The van der Waals surface area contributed by atoms with Crippen LogP contribution in [0.5, 0.6) is 0 Å². The first kappa shape index (κ1) is 23.3. The number of fused-ring (bicyclic) bond motifs is 1. The Morgan fingerprint density at radius 3 is 2.97 bits per heavy atom. The number of nitrogen functional groups attached to an aromatic ring is 1.